The van der Waals surface area contributed by atoms with Crippen molar-refractivity contribution in [2.45, 2.75) is 25.4 Å². The molecule has 4 rings (SSSR count). The highest BCUT2D eigenvalue weighted by Crippen LogP contribution is 2.41. The summed E-state index contributed by atoms with van der Waals surface area (Å²) in [6.07, 6.45) is 5.84. The van der Waals surface area contributed by atoms with Gasteiger partial charge in [-0.05, 0) is 46.2 Å². The quantitative estimate of drug-likeness (QED) is 0.625. The van der Waals surface area contributed by atoms with Crippen LogP contribution in [0.5, 0.6) is 0 Å². The van der Waals surface area contributed by atoms with E-state index in [9.17, 15) is 4.39 Å². The maximum atomic E-state index is 14.0. The zero-order chi connectivity index (χ0) is 12.8. The van der Waals surface area contributed by atoms with Crippen molar-refractivity contribution in [2.75, 3.05) is 0 Å². The summed E-state index contributed by atoms with van der Waals surface area (Å²) in [6.45, 7) is 0. The second-order valence-corrected chi connectivity index (χ2v) is 5.36. The summed E-state index contributed by atoms with van der Waals surface area (Å²) in [5.41, 5.74) is 7.35. The Balaban J connectivity index is 1.99. The molecule has 0 saturated heterocycles. The van der Waals surface area contributed by atoms with E-state index in [-0.39, 0.29) is 0 Å². The lowest BCUT2D eigenvalue weighted by Crippen LogP contribution is -2.09. The average molecular weight is 250 g/mol. The summed E-state index contributed by atoms with van der Waals surface area (Å²) in [6, 6.07) is 12.6. The first-order valence-electron chi connectivity index (χ1n) is 6.89. The van der Waals surface area contributed by atoms with Crippen LogP contribution in [0, 0.1) is 0 Å². The Morgan fingerprint density at radius 2 is 1.84 bits per heavy atom. The third kappa shape index (κ3) is 1.58. The highest BCUT2D eigenvalue weighted by atomic mass is 19.1. The minimum Gasteiger partial charge on any atom is -0.242 e. The number of alkyl halides is 1. The third-order valence-corrected chi connectivity index (χ3v) is 4.31. The normalized spacial score (nSPS) is 19.5. The second kappa shape index (κ2) is 4.06. The van der Waals surface area contributed by atoms with Crippen LogP contribution in [0.3, 0.4) is 0 Å². The predicted octanol–water partition coefficient (Wildman–Crippen LogP) is 4.88. The van der Waals surface area contributed by atoms with Crippen molar-refractivity contribution in [2.24, 2.45) is 0 Å². The molecule has 0 radical (unpaired) electrons. The zero-order valence-corrected chi connectivity index (χ0v) is 10.7. The van der Waals surface area contributed by atoms with Crippen LogP contribution in [0.15, 0.2) is 42.5 Å². The number of fused-ring (bicyclic) bond motifs is 5. The van der Waals surface area contributed by atoms with Gasteiger partial charge in [0.25, 0.3) is 0 Å². The summed E-state index contributed by atoms with van der Waals surface area (Å²) in [7, 11) is 0. The number of aryl methyl sites for hydroxylation is 1. The van der Waals surface area contributed by atoms with Crippen molar-refractivity contribution in [3.05, 3.63) is 64.7 Å². The number of halogens is 1. The Labute approximate surface area is 112 Å². The highest BCUT2D eigenvalue weighted by Gasteiger charge is 2.23. The van der Waals surface area contributed by atoms with Gasteiger partial charge >= 0.3 is 0 Å². The van der Waals surface area contributed by atoms with E-state index in [1.807, 2.05) is 12.1 Å². The van der Waals surface area contributed by atoms with Crippen LogP contribution < -0.4 is 0 Å². The van der Waals surface area contributed by atoms with Gasteiger partial charge < -0.3 is 0 Å². The lowest BCUT2D eigenvalue weighted by atomic mass is 9.80. The van der Waals surface area contributed by atoms with E-state index in [0.717, 1.165) is 24.0 Å². The molecule has 0 heterocycles. The fourth-order valence-electron chi connectivity index (χ4n) is 3.37. The number of benzene rings is 2. The molecule has 2 aromatic carbocycles. The Hall–Kier alpha value is -1.89. The molecule has 1 atom stereocenters. The Bertz CT molecular complexity index is 682. The molecule has 0 aliphatic heterocycles. The van der Waals surface area contributed by atoms with E-state index < -0.39 is 6.17 Å². The second-order valence-electron chi connectivity index (χ2n) is 5.36. The van der Waals surface area contributed by atoms with Gasteiger partial charge in [-0.3, -0.25) is 0 Å². The molecule has 19 heavy (non-hydrogen) atoms. The molecule has 0 saturated carbocycles. The molecular formula is C18H15F. The van der Waals surface area contributed by atoms with E-state index in [4.69, 9.17) is 0 Å². The molecule has 0 aromatic heterocycles. The van der Waals surface area contributed by atoms with Gasteiger partial charge in [-0.15, -0.1) is 0 Å². The van der Waals surface area contributed by atoms with Gasteiger partial charge in [0, 0.05) is 6.42 Å². The average Bonchev–Trinajstić information content (AvgIpc) is 2.47. The standard InChI is InChI=1S/C18H15F/c19-18-7-3-6-14-16-9-8-12-4-1-2-5-13(12)15(16)10-11-17(14)18/h1-6,10-11,18H,7-9H2. The van der Waals surface area contributed by atoms with Gasteiger partial charge in [-0.1, -0.05) is 48.6 Å². The largest absolute Gasteiger partial charge is 0.242 e. The Morgan fingerprint density at radius 1 is 0.947 bits per heavy atom. The molecule has 0 N–H and O–H groups in total. The monoisotopic (exact) mass is 250 g/mol. The first kappa shape index (κ1) is 11.0. The fourth-order valence-corrected chi connectivity index (χ4v) is 3.37. The van der Waals surface area contributed by atoms with Gasteiger partial charge in [-0.25, -0.2) is 4.39 Å². The van der Waals surface area contributed by atoms with Gasteiger partial charge in [0.1, 0.15) is 6.17 Å². The molecule has 2 aliphatic rings. The molecule has 0 spiro atoms. The van der Waals surface area contributed by atoms with Crippen LogP contribution in [0.1, 0.15) is 34.8 Å². The lowest BCUT2D eigenvalue weighted by molar-refractivity contribution is 0.345. The van der Waals surface area contributed by atoms with Crippen LogP contribution >= 0.6 is 0 Å². The summed E-state index contributed by atoms with van der Waals surface area (Å²) < 4.78 is 14.0. The van der Waals surface area contributed by atoms with Gasteiger partial charge in [0.05, 0.1) is 0 Å². The fraction of sp³-hybridized carbons (Fsp3) is 0.222. The van der Waals surface area contributed by atoms with E-state index in [0.29, 0.717) is 6.42 Å². The molecule has 2 aromatic rings. The van der Waals surface area contributed by atoms with Crippen LogP contribution in [0.25, 0.3) is 17.2 Å². The molecular weight excluding hydrogens is 235 g/mol. The molecule has 94 valence electrons. The highest BCUT2D eigenvalue weighted by molar-refractivity contribution is 5.79. The zero-order valence-electron chi connectivity index (χ0n) is 10.7. The Kier molecular flexibility index (Phi) is 2.34. The topological polar surface area (TPSA) is 0 Å². The van der Waals surface area contributed by atoms with E-state index in [1.165, 1.54) is 22.3 Å². The van der Waals surface area contributed by atoms with Crippen molar-refractivity contribution >= 4 is 6.08 Å². The number of rotatable bonds is 0. The summed E-state index contributed by atoms with van der Waals surface area (Å²) >= 11 is 0. The van der Waals surface area contributed by atoms with Crippen molar-refractivity contribution in [1.29, 1.82) is 0 Å². The molecule has 1 heteroatoms. The molecule has 0 nitrogen and oxygen atoms in total. The van der Waals surface area contributed by atoms with E-state index in [1.54, 1.807) is 0 Å². The number of hydrogen-bond acceptors (Lipinski definition) is 0. The summed E-state index contributed by atoms with van der Waals surface area (Å²) in [5.74, 6) is 0. The first-order valence-corrected chi connectivity index (χ1v) is 6.89. The summed E-state index contributed by atoms with van der Waals surface area (Å²) in [5, 5.41) is 0. The third-order valence-electron chi connectivity index (χ3n) is 4.31. The van der Waals surface area contributed by atoms with Crippen molar-refractivity contribution in [3.8, 4) is 11.1 Å². The van der Waals surface area contributed by atoms with Crippen molar-refractivity contribution < 1.29 is 4.39 Å². The van der Waals surface area contributed by atoms with Crippen molar-refractivity contribution in [3.63, 3.8) is 0 Å². The molecule has 0 fully saturated rings. The predicted molar refractivity (Wildman–Crippen MR) is 76.8 cm³/mol. The maximum Gasteiger partial charge on any atom is 0.129 e. The van der Waals surface area contributed by atoms with E-state index >= 15 is 0 Å². The molecule has 2 aliphatic carbocycles. The minimum atomic E-state index is -0.831. The molecule has 1 unspecified atom stereocenters. The van der Waals surface area contributed by atoms with Crippen LogP contribution in [-0.2, 0) is 12.8 Å². The number of hydrogen-bond donors (Lipinski definition) is 0. The van der Waals surface area contributed by atoms with Crippen LogP contribution in [-0.4, -0.2) is 0 Å². The molecule has 0 bridgehead atoms. The van der Waals surface area contributed by atoms with Gasteiger partial charge in [0.15, 0.2) is 0 Å². The minimum absolute atomic E-state index is 0.516. The van der Waals surface area contributed by atoms with Crippen molar-refractivity contribution in [1.82, 2.24) is 0 Å². The van der Waals surface area contributed by atoms with E-state index in [2.05, 4.69) is 36.4 Å². The van der Waals surface area contributed by atoms with Gasteiger partial charge in [0.2, 0.25) is 0 Å². The van der Waals surface area contributed by atoms with Crippen LogP contribution in [0.4, 0.5) is 4.39 Å². The smallest absolute Gasteiger partial charge is 0.129 e. The molecule has 0 amide bonds. The maximum absolute atomic E-state index is 14.0. The first-order chi connectivity index (χ1) is 9.34. The summed E-state index contributed by atoms with van der Waals surface area (Å²) in [4.78, 5) is 0. The van der Waals surface area contributed by atoms with Crippen LogP contribution in [0.2, 0.25) is 0 Å². The number of allylic oxidation sites excluding steroid dienone is 1. The van der Waals surface area contributed by atoms with Gasteiger partial charge in [-0.2, -0.15) is 0 Å². The lowest BCUT2D eigenvalue weighted by Gasteiger charge is -2.25. The SMILES string of the molecule is FC1CC=Cc2c1ccc1c2CCc2ccccc2-1. The Morgan fingerprint density at radius 3 is 2.79 bits per heavy atom.